The summed E-state index contributed by atoms with van der Waals surface area (Å²) < 4.78 is 34.4. The first kappa shape index (κ1) is 33.3. The van der Waals surface area contributed by atoms with Gasteiger partial charge in [0.2, 0.25) is 17.1 Å². The van der Waals surface area contributed by atoms with Crippen LogP contribution in [0.25, 0.3) is 0 Å². The van der Waals surface area contributed by atoms with Gasteiger partial charge in [-0.3, -0.25) is 10.1 Å². The van der Waals surface area contributed by atoms with Crippen molar-refractivity contribution >= 4 is 32.4 Å². The van der Waals surface area contributed by atoms with Crippen LogP contribution in [-0.2, 0) is 29.4 Å². The fourth-order valence-corrected chi connectivity index (χ4v) is 7.37. The van der Waals surface area contributed by atoms with Gasteiger partial charge in [0.1, 0.15) is 17.9 Å². The molecule has 1 aromatic heterocycles. The van der Waals surface area contributed by atoms with Gasteiger partial charge in [-0.2, -0.15) is 0 Å². The van der Waals surface area contributed by atoms with Gasteiger partial charge in [-0.25, -0.2) is 9.59 Å². The van der Waals surface area contributed by atoms with Crippen molar-refractivity contribution in [3.05, 3.63) is 74.1 Å². The zero-order valence-corrected chi connectivity index (χ0v) is 25.9. The predicted molar refractivity (Wildman–Crippen MR) is 155 cm³/mol. The number of hydrogen-bond acceptors (Lipinski definition) is 10. The number of carbonyl (C=O) groups excluding carboxylic acids is 2. The lowest BCUT2D eigenvalue weighted by Crippen LogP contribution is -2.47. The summed E-state index contributed by atoms with van der Waals surface area (Å²) >= 11 is 6.51. The normalized spacial score (nSPS) is 14.7. The SMILES string of the molecule is CCOC(=O)C1=C(NC(=O)NCCC[Si](OCC)(OCC)OCC)Oc2c(oc(CO)cc2=O)C1c1ccccc1Cl. The number of ether oxygens (including phenoxy) is 2. The molecule has 2 heterocycles. The zero-order chi connectivity index (χ0) is 30.7. The van der Waals surface area contributed by atoms with Crippen LogP contribution in [0.5, 0.6) is 5.75 Å². The lowest BCUT2D eigenvalue weighted by molar-refractivity contribution is -0.139. The molecule has 0 saturated carbocycles. The van der Waals surface area contributed by atoms with Crippen LogP contribution in [0.4, 0.5) is 4.79 Å². The second-order valence-electron chi connectivity index (χ2n) is 8.91. The van der Waals surface area contributed by atoms with Crippen LogP contribution in [0.15, 0.2) is 51.0 Å². The average molecular weight is 625 g/mol. The number of aliphatic hydroxyl groups is 1. The summed E-state index contributed by atoms with van der Waals surface area (Å²) in [4.78, 5) is 39.3. The van der Waals surface area contributed by atoms with E-state index in [9.17, 15) is 19.5 Å². The van der Waals surface area contributed by atoms with E-state index in [-0.39, 0.29) is 46.9 Å². The number of urea groups is 1. The van der Waals surface area contributed by atoms with E-state index in [1.807, 2.05) is 20.8 Å². The number of esters is 1. The van der Waals surface area contributed by atoms with Crippen molar-refractivity contribution in [3.63, 3.8) is 0 Å². The molecule has 0 bridgehead atoms. The van der Waals surface area contributed by atoms with E-state index in [2.05, 4.69) is 10.6 Å². The van der Waals surface area contributed by atoms with Crippen LogP contribution >= 0.6 is 11.6 Å². The molecule has 12 nitrogen and oxygen atoms in total. The summed E-state index contributed by atoms with van der Waals surface area (Å²) in [6.45, 7) is 8.21. The molecular weight excluding hydrogens is 588 g/mol. The third kappa shape index (κ3) is 7.99. The number of carbonyl (C=O) groups is 2. The second-order valence-corrected chi connectivity index (χ2v) is 12.1. The van der Waals surface area contributed by atoms with E-state index in [1.165, 1.54) is 0 Å². The number of nitrogens with one attached hydrogen (secondary N) is 2. The highest BCUT2D eigenvalue weighted by molar-refractivity contribution is 6.60. The Morgan fingerprint density at radius 1 is 1.05 bits per heavy atom. The zero-order valence-electron chi connectivity index (χ0n) is 24.1. The van der Waals surface area contributed by atoms with Crippen molar-refractivity contribution in [1.29, 1.82) is 0 Å². The summed E-state index contributed by atoms with van der Waals surface area (Å²) in [5, 5.41) is 15.2. The molecule has 0 saturated heterocycles. The van der Waals surface area contributed by atoms with Crippen LogP contribution < -0.4 is 20.8 Å². The summed E-state index contributed by atoms with van der Waals surface area (Å²) in [5.74, 6) is -2.58. The van der Waals surface area contributed by atoms with E-state index < -0.39 is 38.8 Å². The van der Waals surface area contributed by atoms with Gasteiger partial charge in [-0.15, -0.1) is 0 Å². The van der Waals surface area contributed by atoms with E-state index >= 15 is 0 Å². The van der Waals surface area contributed by atoms with E-state index in [0.717, 1.165) is 6.07 Å². The van der Waals surface area contributed by atoms with Gasteiger partial charge in [0, 0.05) is 43.5 Å². The molecule has 1 unspecified atom stereocenters. The molecule has 0 spiro atoms. The van der Waals surface area contributed by atoms with Gasteiger partial charge in [-0.05, 0) is 45.7 Å². The van der Waals surface area contributed by atoms with Crippen molar-refractivity contribution in [3.8, 4) is 5.75 Å². The van der Waals surface area contributed by atoms with E-state index in [0.29, 0.717) is 37.8 Å². The number of halogens is 1. The Morgan fingerprint density at radius 3 is 2.31 bits per heavy atom. The molecule has 3 rings (SSSR count). The minimum absolute atomic E-state index is 0.0235. The molecule has 0 radical (unpaired) electrons. The molecule has 1 aliphatic heterocycles. The lowest BCUT2D eigenvalue weighted by Gasteiger charge is -2.29. The molecule has 2 amide bonds. The largest absolute Gasteiger partial charge is 0.500 e. The maximum absolute atomic E-state index is 13.3. The molecule has 1 aromatic carbocycles. The van der Waals surface area contributed by atoms with Crippen LogP contribution in [0, 0.1) is 0 Å². The van der Waals surface area contributed by atoms with Gasteiger partial charge in [0.05, 0.1) is 12.5 Å². The molecule has 1 atom stereocenters. The summed E-state index contributed by atoms with van der Waals surface area (Å²) in [6.07, 6.45) is 0.489. The molecular formula is C28H37ClN2O10Si. The molecule has 3 N–H and O–H groups in total. The monoisotopic (exact) mass is 624 g/mol. The fraction of sp³-hybridized carbons (Fsp3) is 0.464. The number of amides is 2. The summed E-state index contributed by atoms with van der Waals surface area (Å²) in [6, 6.07) is 7.51. The Hall–Kier alpha value is -3.20. The first-order valence-corrected chi connectivity index (χ1v) is 16.1. The molecule has 42 heavy (non-hydrogen) atoms. The Balaban J connectivity index is 1.93. The highest BCUT2D eigenvalue weighted by Crippen LogP contribution is 2.44. The van der Waals surface area contributed by atoms with Crippen LogP contribution in [0.3, 0.4) is 0 Å². The third-order valence-electron chi connectivity index (χ3n) is 6.11. The summed E-state index contributed by atoms with van der Waals surface area (Å²) in [7, 11) is -2.89. The van der Waals surface area contributed by atoms with Gasteiger partial charge in [-0.1, -0.05) is 29.8 Å². The first-order chi connectivity index (χ1) is 20.2. The van der Waals surface area contributed by atoms with E-state index in [4.69, 9.17) is 38.8 Å². The fourth-order valence-electron chi connectivity index (χ4n) is 4.51. The third-order valence-corrected chi connectivity index (χ3v) is 9.61. The van der Waals surface area contributed by atoms with Crippen molar-refractivity contribution in [1.82, 2.24) is 10.6 Å². The smallest absolute Gasteiger partial charge is 0.462 e. The van der Waals surface area contributed by atoms with Crippen molar-refractivity contribution in [2.24, 2.45) is 0 Å². The molecule has 230 valence electrons. The molecule has 0 aliphatic carbocycles. The molecule has 2 aromatic rings. The Bertz CT molecular complexity index is 1310. The maximum atomic E-state index is 13.3. The van der Waals surface area contributed by atoms with Crippen LogP contribution in [0.1, 0.15) is 57.1 Å². The molecule has 14 heteroatoms. The average Bonchev–Trinajstić information content (AvgIpc) is 2.96. The maximum Gasteiger partial charge on any atom is 0.500 e. The molecule has 1 aliphatic rings. The second kappa shape index (κ2) is 15.9. The van der Waals surface area contributed by atoms with Gasteiger partial charge < -0.3 is 37.6 Å². The molecule has 0 fully saturated rings. The number of benzene rings is 1. The first-order valence-electron chi connectivity index (χ1n) is 13.8. The number of hydrogen-bond donors (Lipinski definition) is 3. The standard InChI is InChI=1S/C28H37ClN2O10Si/c1-5-36-27(34)23-22(19-12-9-10-13-20(19)29)25-24(21(33)16-18(17-32)40-25)41-26(23)31-28(35)30-14-11-15-42(37-6-2,38-7-3)39-8-4/h9-10,12-13,16,22,32H,5-8,11,14-15,17H2,1-4H3,(H2,30,31,35). The van der Waals surface area contributed by atoms with Crippen molar-refractivity contribution < 1.29 is 41.9 Å². The Morgan fingerprint density at radius 2 is 1.71 bits per heavy atom. The van der Waals surface area contributed by atoms with Gasteiger partial charge in [0.25, 0.3) is 0 Å². The Kier molecular flexibility index (Phi) is 12.6. The van der Waals surface area contributed by atoms with Crippen LogP contribution in [0.2, 0.25) is 11.1 Å². The minimum Gasteiger partial charge on any atom is -0.462 e. The number of aliphatic hydroxyl groups excluding tert-OH is 1. The quantitative estimate of drug-likeness (QED) is 0.151. The predicted octanol–water partition coefficient (Wildman–Crippen LogP) is 3.82. The minimum atomic E-state index is -2.89. The number of fused-ring (bicyclic) bond motifs is 1. The lowest BCUT2D eigenvalue weighted by atomic mass is 9.86. The Labute approximate surface area is 250 Å². The van der Waals surface area contributed by atoms with Crippen molar-refractivity contribution in [2.45, 2.75) is 52.7 Å². The summed E-state index contributed by atoms with van der Waals surface area (Å²) in [5.41, 5.74) is -0.362. The number of rotatable bonds is 15. The van der Waals surface area contributed by atoms with Crippen molar-refractivity contribution in [2.75, 3.05) is 33.0 Å². The van der Waals surface area contributed by atoms with Crippen LogP contribution in [-0.4, -0.2) is 58.9 Å². The highest BCUT2D eigenvalue weighted by Gasteiger charge is 2.42. The van der Waals surface area contributed by atoms with Gasteiger partial charge in [0.15, 0.2) is 5.76 Å². The van der Waals surface area contributed by atoms with E-state index in [1.54, 1.807) is 31.2 Å². The topological polar surface area (TPSA) is 155 Å². The van der Waals surface area contributed by atoms with Gasteiger partial charge >= 0.3 is 20.8 Å². The highest BCUT2D eigenvalue weighted by atomic mass is 35.5.